The van der Waals surface area contributed by atoms with E-state index in [1.54, 1.807) is 0 Å². The minimum Gasteiger partial charge on any atom is -0.352 e. The van der Waals surface area contributed by atoms with Gasteiger partial charge in [-0.05, 0) is 44.9 Å². The van der Waals surface area contributed by atoms with Crippen molar-refractivity contribution in [1.29, 1.82) is 0 Å². The van der Waals surface area contributed by atoms with Gasteiger partial charge in [0.25, 0.3) is 0 Å². The normalized spacial score (nSPS) is 21.4. The molecule has 28 heavy (non-hydrogen) atoms. The summed E-state index contributed by atoms with van der Waals surface area (Å²) in [6.07, 6.45) is 6.50. The number of likely N-dealkylation sites (tertiary alicyclic amines) is 1. The second-order valence-corrected chi connectivity index (χ2v) is 8.52. The van der Waals surface area contributed by atoms with Gasteiger partial charge in [-0.25, -0.2) is 0 Å². The van der Waals surface area contributed by atoms with Crippen molar-refractivity contribution in [2.45, 2.75) is 50.5 Å². The number of fused-ring (bicyclic) bond motifs is 1. The van der Waals surface area contributed by atoms with Gasteiger partial charge in [0, 0.05) is 51.1 Å². The van der Waals surface area contributed by atoms with Gasteiger partial charge >= 0.3 is 0 Å². The molecular formula is C20H29N7O. The molecule has 2 aromatic rings. The van der Waals surface area contributed by atoms with Crippen LogP contribution in [0, 0.1) is 0 Å². The van der Waals surface area contributed by atoms with Gasteiger partial charge in [0.15, 0.2) is 11.5 Å². The Morgan fingerprint density at radius 1 is 1.14 bits per heavy atom. The van der Waals surface area contributed by atoms with E-state index >= 15 is 0 Å². The van der Waals surface area contributed by atoms with Crippen molar-refractivity contribution >= 4 is 17.4 Å². The number of hydrogen-bond donors (Lipinski definition) is 0. The Morgan fingerprint density at radius 2 is 2.00 bits per heavy atom. The molecular weight excluding hydrogens is 354 g/mol. The standard InChI is InChI=1S/C20H29N7O/c1-24(11-12-25-10-4-2-3-5-19(25)28)16-13-26(14-16)18-9-8-17-21-22-20(15-6-7-15)27(17)23-18/h8-9,15-16H,2-7,10-14H2,1H3. The van der Waals surface area contributed by atoms with Gasteiger partial charge in [0.1, 0.15) is 5.82 Å². The van der Waals surface area contributed by atoms with Crippen LogP contribution in [0.25, 0.3) is 5.65 Å². The fourth-order valence-electron chi connectivity index (χ4n) is 4.22. The summed E-state index contributed by atoms with van der Waals surface area (Å²) >= 11 is 0. The molecule has 0 N–H and O–H groups in total. The van der Waals surface area contributed by atoms with E-state index in [1.807, 2.05) is 16.6 Å². The molecule has 4 heterocycles. The lowest BCUT2D eigenvalue weighted by molar-refractivity contribution is -0.130. The number of nitrogens with zero attached hydrogens (tertiary/aromatic N) is 7. The summed E-state index contributed by atoms with van der Waals surface area (Å²) in [5.41, 5.74) is 0.835. The molecule has 0 aromatic carbocycles. The van der Waals surface area contributed by atoms with Crippen molar-refractivity contribution in [3.63, 3.8) is 0 Å². The summed E-state index contributed by atoms with van der Waals surface area (Å²) in [4.78, 5) is 18.9. The molecule has 3 aliphatic rings. The minimum atomic E-state index is 0.332. The van der Waals surface area contributed by atoms with E-state index in [2.05, 4.69) is 31.9 Å². The van der Waals surface area contributed by atoms with Crippen molar-refractivity contribution in [2.24, 2.45) is 0 Å². The number of aromatic nitrogens is 4. The lowest BCUT2D eigenvalue weighted by atomic mass is 10.1. The molecule has 2 saturated heterocycles. The number of anilines is 1. The summed E-state index contributed by atoms with van der Waals surface area (Å²) in [5, 5.41) is 13.4. The summed E-state index contributed by atoms with van der Waals surface area (Å²) in [5.74, 6) is 2.88. The molecule has 1 amide bonds. The van der Waals surface area contributed by atoms with Crippen molar-refractivity contribution in [3.05, 3.63) is 18.0 Å². The molecule has 0 spiro atoms. The fraction of sp³-hybridized carbons (Fsp3) is 0.700. The zero-order valence-corrected chi connectivity index (χ0v) is 16.6. The summed E-state index contributed by atoms with van der Waals surface area (Å²) in [7, 11) is 2.17. The van der Waals surface area contributed by atoms with Crippen LogP contribution in [0.5, 0.6) is 0 Å². The lowest BCUT2D eigenvalue weighted by Gasteiger charge is -2.45. The largest absolute Gasteiger partial charge is 0.352 e. The van der Waals surface area contributed by atoms with Crippen LogP contribution in [0.1, 0.15) is 50.3 Å². The highest BCUT2D eigenvalue weighted by atomic mass is 16.2. The molecule has 0 bridgehead atoms. The molecule has 8 heteroatoms. The van der Waals surface area contributed by atoms with Crippen LogP contribution in [-0.4, -0.2) is 81.3 Å². The predicted octanol–water partition coefficient (Wildman–Crippen LogP) is 1.52. The summed E-state index contributed by atoms with van der Waals surface area (Å²) in [6, 6.07) is 4.58. The number of carbonyl (C=O) groups is 1. The minimum absolute atomic E-state index is 0.332. The number of rotatable bonds is 6. The second kappa shape index (κ2) is 7.31. The van der Waals surface area contributed by atoms with Crippen LogP contribution in [0.2, 0.25) is 0 Å². The van der Waals surface area contributed by atoms with Crippen molar-refractivity contribution < 1.29 is 4.79 Å². The first-order valence-electron chi connectivity index (χ1n) is 10.6. The third-order valence-corrected chi connectivity index (χ3v) is 6.42. The molecule has 1 aliphatic carbocycles. The van der Waals surface area contributed by atoms with E-state index in [-0.39, 0.29) is 0 Å². The van der Waals surface area contributed by atoms with Crippen LogP contribution < -0.4 is 4.90 Å². The average Bonchev–Trinajstić information content (AvgIpc) is 3.44. The van der Waals surface area contributed by atoms with Crippen LogP contribution in [0.3, 0.4) is 0 Å². The number of likely N-dealkylation sites (N-methyl/N-ethyl adjacent to an activating group) is 1. The van der Waals surface area contributed by atoms with E-state index < -0.39 is 0 Å². The number of carbonyl (C=O) groups excluding carboxylic acids is 1. The highest BCUT2D eigenvalue weighted by Gasteiger charge is 2.33. The molecule has 8 nitrogen and oxygen atoms in total. The fourth-order valence-corrected chi connectivity index (χ4v) is 4.22. The van der Waals surface area contributed by atoms with Gasteiger partial charge in [-0.3, -0.25) is 9.69 Å². The Hall–Kier alpha value is -2.22. The predicted molar refractivity (Wildman–Crippen MR) is 106 cm³/mol. The highest BCUT2D eigenvalue weighted by Crippen LogP contribution is 2.38. The molecule has 2 aliphatic heterocycles. The summed E-state index contributed by atoms with van der Waals surface area (Å²) < 4.78 is 1.93. The van der Waals surface area contributed by atoms with Crippen molar-refractivity contribution in [3.8, 4) is 0 Å². The van der Waals surface area contributed by atoms with Crippen molar-refractivity contribution in [2.75, 3.05) is 44.7 Å². The Morgan fingerprint density at radius 3 is 2.82 bits per heavy atom. The molecule has 5 rings (SSSR count). The van der Waals surface area contributed by atoms with E-state index in [0.29, 0.717) is 17.9 Å². The van der Waals surface area contributed by atoms with Crippen LogP contribution in [0.4, 0.5) is 5.82 Å². The van der Waals surface area contributed by atoms with Gasteiger partial charge in [-0.15, -0.1) is 15.3 Å². The Kier molecular flexibility index (Phi) is 4.66. The maximum Gasteiger partial charge on any atom is 0.222 e. The van der Waals surface area contributed by atoms with E-state index in [1.165, 1.54) is 19.3 Å². The maximum absolute atomic E-state index is 12.2. The highest BCUT2D eigenvalue weighted by molar-refractivity contribution is 5.76. The smallest absolute Gasteiger partial charge is 0.222 e. The zero-order chi connectivity index (χ0) is 19.1. The Labute approximate surface area is 165 Å². The lowest BCUT2D eigenvalue weighted by Crippen LogP contribution is -2.59. The molecule has 0 radical (unpaired) electrons. The third-order valence-electron chi connectivity index (χ3n) is 6.42. The molecule has 1 saturated carbocycles. The van der Waals surface area contributed by atoms with Crippen LogP contribution in [-0.2, 0) is 4.79 Å². The van der Waals surface area contributed by atoms with Gasteiger partial charge in [0.2, 0.25) is 5.91 Å². The van der Waals surface area contributed by atoms with E-state index in [0.717, 1.165) is 69.3 Å². The third kappa shape index (κ3) is 3.45. The SMILES string of the molecule is CN(CCN1CCCCCC1=O)C1CN(c2ccc3nnc(C4CC4)n3n2)C1. The average molecular weight is 384 g/mol. The van der Waals surface area contributed by atoms with Gasteiger partial charge in [0.05, 0.1) is 0 Å². The first kappa shape index (κ1) is 17.8. The molecule has 2 aromatic heterocycles. The second-order valence-electron chi connectivity index (χ2n) is 8.52. The molecule has 0 unspecified atom stereocenters. The van der Waals surface area contributed by atoms with Gasteiger partial charge < -0.3 is 9.80 Å². The van der Waals surface area contributed by atoms with Gasteiger partial charge in [-0.2, -0.15) is 4.52 Å². The van der Waals surface area contributed by atoms with Gasteiger partial charge in [-0.1, -0.05) is 6.42 Å². The maximum atomic E-state index is 12.2. The van der Waals surface area contributed by atoms with Crippen LogP contribution in [0.15, 0.2) is 12.1 Å². The van der Waals surface area contributed by atoms with Crippen molar-refractivity contribution in [1.82, 2.24) is 29.6 Å². The topological polar surface area (TPSA) is 69.9 Å². The quantitative estimate of drug-likeness (QED) is 0.753. The number of hydrogen-bond acceptors (Lipinski definition) is 6. The first-order valence-corrected chi connectivity index (χ1v) is 10.6. The van der Waals surface area contributed by atoms with E-state index in [9.17, 15) is 4.79 Å². The van der Waals surface area contributed by atoms with Crippen LogP contribution >= 0.6 is 0 Å². The first-order chi connectivity index (χ1) is 13.7. The molecule has 150 valence electrons. The summed E-state index contributed by atoms with van der Waals surface area (Å²) in [6.45, 7) is 4.67. The molecule has 3 fully saturated rings. The number of amides is 1. The molecule has 0 atom stereocenters. The van der Waals surface area contributed by atoms with E-state index in [4.69, 9.17) is 5.10 Å². The Balaban J connectivity index is 1.16. The monoisotopic (exact) mass is 383 g/mol. The Bertz CT molecular complexity index is 855. The zero-order valence-electron chi connectivity index (χ0n) is 16.6.